The van der Waals surface area contributed by atoms with E-state index in [1.54, 1.807) is 24.8 Å². The van der Waals surface area contributed by atoms with Crippen molar-refractivity contribution < 1.29 is 14.3 Å². The van der Waals surface area contributed by atoms with Gasteiger partial charge in [-0.1, -0.05) is 84.3 Å². The first kappa shape index (κ1) is 30.1. The number of hydrogen-bond donors (Lipinski definition) is 0. The van der Waals surface area contributed by atoms with Gasteiger partial charge in [0, 0.05) is 35.9 Å². The Morgan fingerprint density at radius 3 is 1.51 bits per heavy atom. The zero-order valence-electron chi connectivity index (χ0n) is 25.5. The van der Waals surface area contributed by atoms with Crippen molar-refractivity contribution in [3.63, 3.8) is 0 Å². The summed E-state index contributed by atoms with van der Waals surface area (Å²) in [5, 5.41) is 0. The molecule has 0 unspecified atom stereocenters. The minimum Gasteiger partial charge on any atom is -0.342 e. The third kappa shape index (κ3) is 7.41. The van der Waals surface area contributed by atoms with Crippen molar-refractivity contribution in [1.29, 1.82) is 0 Å². The Balaban J connectivity index is 1.43. The van der Waals surface area contributed by atoms with Gasteiger partial charge in [-0.25, -0.2) is 4.79 Å². The van der Waals surface area contributed by atoms with Crippen molar-refractivity contribution in [1.82, 2.24) is 19.8 Å². The Bertz CT molecular complexity index is 1570. The van der Waals surface area contributed by atoms with E-state index in [-0.39, 0.29) is 31.2 Å². The van der Waals surface area contributed by atoms with Crippen LogP contribution in [0.25, 0.3) is 0 Å². The fraction of sp³-hybridized carbons (Fsp3) is 0.289. The lowest BCUT2D eigenvalue weighted by atomic mass is 9.91. The maximum Gasteiger partial charge on any atom is 0.322 e. The second-order valence-electron chi connectivity index (χ2n) is 11.7. The van der Waals surface area contributed by atoms with Crippen LogP contribution in [0.2, 0.25) is 0 Å². The smallest absolute Gasteiger partial charge is 0.322 e. The molecule has 2 saturated heterocycles. The van der Waals surface area contributed by atoms with Gasteiger partial charge in [-0.3, -0.25) is 9.97 Å². The lowest BCUT2D eigenvalue weighted by molar-refractivity contribution is -0.156. The van der Waals surface area contributed by atoms with Crippen LogP contribution in [0.4, 0.5) is 4.79 Å². The average Bonchev–Trinajstić information content (AvgIpc) is 3.36. The van der Waals surface area contributed by atoms with E-state index >= 15 is 0 Å². The Hall–Kier alpha value is -4.95. The number of benzene rings is 2. The summed E-state index contributed by atoms with van der Waals surface area (Å²) in [6.07, 6.45) is 7.28. The van der Waals surface area contributed by atoms with Crippen molar-refractivity contribution >= 4 is 6.03 Å². The van der Waals surface area contributed by atoms with Crippen molar-refractivity contribution in [2.45, 2.75) is 56.8 Å². The number of hydrogen-bond acceptors (Lipinski definition) is 5. The SMILES string of the molecule is CC1(C)O[C@@H]2[C@@H](O1)[C@@H](Cc1ccccc1)N(CC#Cc1cccnc1)C(=O)N(CC#Cc1cccnc1)[C@@H]2Cc1ccccc1. The van der Waals surface area contributed by atoms with E-state index in [4.69, 9.17) is 9.47 Å². The van der Waals surface area contributed by atoms with Crippen LogP contribution in [-0.4, -0.2) is 69.0 Å². The van der Waals surface area contributed by atoms with Crippen molar-refractivity contribution in [3.05, 3.63) is 132 Å². The number of amides is 2. The largest absolute Gasteiger partial charge is 0.342 e. The van der Waals surface area contributed by atoms with Crippen LogP contribution in [0.1, 0.15) is 36.1 Å². The van der Waals surface area contributed by atoms with Crippen molar-refractivity contribution in [2.24, 2.45) is 0 Å². The molecule has 7 nitrogen and oxygen atoms in total. The summed E-state index contributed by atoms with van der Waals surface area (Å²) >= 11 is 0. The molecule has 2 fully saturated rings. The number of rotatable bonds is 6. The van der Waals surface area contributed by atoms with E-state index in [0.29, 0.717) is 12.8 Å². The summed E-state index contributed by atoms with van der Waals surface area (Å²) in [7, 11) is 0. The number of ether oxygens (including phenoxy) is 2. The summed E-state index contributed by atoms with van der Waals surface area (Å²) in [6.45, 7) is 4.31. The van der Waals surface area contributed by atoms with Crippen molar-refractivity contribution in [3.8, 4) is 23.7 Å². The number of aromatic nitrogens is 2. The standard InChI is InChI=1S/C38H36N4O3/c1-38(2)44-35-33(25-29-13-5-3-6-14-29)41(23-11-19-31-17-9-21-39-27-31)37(43)42(24-12-20-32-18-10-22-40-28-32)34(36(35)45-38)26-30-15-7-4-8-16-30/h3-10,13-18,21-22,27-28,33-36H,23-26H2,1-2H3/t33-,34-,35+,36+/m1/s1. The van der Waals surface area contributed by atoms with Gasteiger partial charge in [0.25, 0.3) is 0 Å². The number of carbonyl (C=O) groups excluding carboxylic acids is 1. The molecule has 0 bridgehead atoms. The molecule has 4 atom stereocenters. The minimum atomic E-state index is -0.834. The molecule has 2 aromatic carbocycles. The molecule has 4 heterocycles. The lowest BCUT2D eigenvalue weighted by Crippen LogP contribution is -2.52. The first-order chi connectivity index (χ1) is 22.0. The Labute approximate surface area is 265 Å². The molecule has 226 valence electrons. The summed E-state index contributed by atoms with van der Waals surface area (Å²) in [4.78, 5) is 26.9. The van der Waals surface area contributed by atoms with Gasteiger partial charge in [0.2, 0.25) is 0 Å². The summed E-state index contributed by atoms with van der Waals surface area (Å²) in [5.41, 5.74) is 3.80. The molecular formula is C38H36N4O3. The van der Waals surface area contributed by atoms with Crippen LogP contribution in [0.5, 0.6) is 0 Å². The van der Waals surface area contributed by atoms with Crippen LogP contribution in [0, 0.1) is 23.7 Å². The first-order valence-corrected chi connectivity index (χ1v) is 15.3. The molecule has 0 radical (unpaired) electrons. The van der Waals surface area contributed by atoms with E-state index < -0.39 is 18.0 Å². The normalized spacial score (nSPS) is 22.0. The van der Waals surface area contributed by atoms with Crippen LogP contribution in [0.15, 0.2) is 110 Å². The molecular weight excluding hydrogens is 560 g/mol. The summed E-state index contributed by atoms with van der Waals surface area (Å²) < 4.78 is 13.4. The lowest BCUT2D eigenvalue weighted by Gasteiger charge is -2.35. The highest BCUT2D eigenvalue weighted by atomic mass is 16.8. The Morgan fingerprint density at radius 1 is 0.667 bits per heavy atom. The Morgan fingerprint density at radius 2 is 1.11 bits per heavy atom. The number of carbonyl (C=O) groups is 1. The molecule has 0 aliphatic carbocycles. The van der Waals surface area contributed by atoms with Crippen molar-refractivity contribution in [2.75, 3.05) is 13.1 Å². The van der Waals surface area contributed by atoms with Gasteiger partial charge in [0.15, 0.2) is 5.79 Å². The number of nitrogens with zero attached hydrogens (tertiary/aromatic N) is 4. The molecule has 2 aliphatic rings. The maximum atomic E-state index is 14.8. The molecule has 0 saturated carbocycles. The highest BCUT2D eigenvalue weighted by Gasteiger charge is 2.55. The van der Waals surface area contributed by atoms with Gasteiger partial charge < -0.3 is 19.3 Å². The maximum absolute atomic E-state index is 14.8. The van der Waals surface area contributed by atoms with E-state index in [1.807, 2.05) is 84.3 Å². The van der Waals surface area contributed by atoms with Gasteiger partial charge in [0.05, 0.1) is 25.2 Å². The van der Waals surface area contributed by atoms with Crippen LogP contribution >= 0.6 is 0 Å². The zero-order chi connectivity index (χ0) is 31.1. The first-order valence-electron chi connectivity index (χ1n) is 15.3. The third-order valence-corrected chi connectivity index (χ3v) is 8.08. The summed E-state index contributed by atoms with van der Waals surface area (Å²) in [5.74, 6) is 12.1. The predicted octanol–water partition coefficient (Wildman–Crippen LogP) is 5.36. The van der Waals surface area contributed by atoms with Gasteiger partial charge in [-0.15, -0.1) is 0 Å². The van der Waals surface area contributed by atoms with Crippen LogP contribution in [0.3, 0.4) is 0 Å². The minimum absolute atomic E-state index is 0.141. The van der Waals surface area contributed by atoms with Crippen LogP contribution in [-0.2, 0) is 22.3 Å². The second kappa shape index (κ2) is 13.8. The highest BCUT2D eigenvalue weighted by molar-refractivity contribution is 5.77. The molecule has 45 heavy (non-hydrogen) atoms. The zero-order valence-corrected chi connectivity index (χ0v) is 25.5. The molecule has 0 spiro atoms. The molecule has 4 aromatic rings. The number of urea groups is 1. The topological polar surface area (TPSA) is 67.8 Å². The van der Waals surface area contributed by atoms with Gasteiger partial charge in [-0.05, 0) is 62.1 Å². The van der Waals surface area contributed by atoms with E-state index in [1.165, 1.54) is 0 Å². The Kier molecular flexibility index (Phi) is 9.22. The quantitative estimate of drug-likeness (QED) is 0.281. The number of pyridine rings is 2. The fourth-order valence-electron chi connectivity index (χ4n) is 6.08. The van der Waals surface area contributed by atoms with Gasteiger partial charge in [0.1, 0.15) is 12.2 Å². The molecule has 2 amide bonds. The van der Waals surface area contributed by atoms with E-state index in [9.17, 15) is 4.79 Å². The monoisotopic (exact) mass is 596 g/mol. The van der Waals surface area contributed by atoms with Crippen LogP contribution < -0.4 is 0 Å². The number of fused-ring (bicyclic) bond motifs is 1. The molecule has 7 heteroatoms. The van der Waals surface area contributed by atoms with Gasteiger partial charge in [-0.2, -0.15) is 0 Å². The molecule has 0 N–H and O–H groups in total. The molecule has 6 rings (SSSR count). The van der Waals surface area contributed by atoms with E-state index in [2.05, 4.69) is 57.9 Å². The fourth-order valence-corrected chi connectivity index (χ4v) is 6.08. The van der Waals surface area contributed by atoms with Gasteiger partial charge >= 0.3 is 6.03 Å². The molecule has 2 aliphatic heterocycles. The highest BCUT2D eigenvalue weighted by Crippen LogP contribution is 2.39. The van der Waals surface area contributed by atoms with E-state index in [0.717, 1.165) is 22.3 Å². The average molecular weight is 597 g/mol. The molecule has 2 aromatic heterocycles. The summed E-state index contributed by atoms with van der Waals surface area (Å²) in [6, 6.07) is 27.2. The second-order valence-corrected chi connectivity index (χ2v) is 11.7. The predicted molar refractivity (Wildman–Crippen MR) is 173 cm³/mol. The third-order valence-electron chi connectivity index (χ3n) is 8.08.